The van der Waals surface area contributed by atoms with Crippen molar-refractivity contribution in [3.63, 3.8) is 0 Å². The SMILES string of the molecule is Cc1nc(CNc2ccc(Cl)c3cccnc23)no1. The maximum atomic E-state index is 6.14. The Morgan fingerprint density at radius 3 is 3.00 bits per heavy atom. The molecule has 3 aromatic rings. The lowest BCUT2D eigenvalue weighted by atomic mass is 10.2. The number of hydrogen-bond acceptors (Lipinski definition) is 5. The van der Waals surface area contributed by atoms with Gasteiger partial charge in [0.15, 0.2) is 5.82 Å². The summed E-state index contributed by atoms with van der Waals surface area (Å²) in [5.74, 6) is 1.16. The molecule has 0 fully saturated rings. The second kappa shape index (κ2) is 4.85. The molecule has 0 radical (unpaired) electrons. The minimum atomic E-state index is 0.477. The minimum absolute atomic E-state index is 0.477. The van der Waals surface area contributed by atoms with Crippen molar-refractivity contribution in [1.29, 1.82) is 0 Å². The molecular weight excluding hydrogens is 264 g/mol. The van der Waals surface area contributed by atoms with Crippen molar-refractivity contribution < 1.29 is 4.52 Å². The highest BCUT2D eigenvalue weighted by molar-refractivity contribution is 6.35. The van der Waals surface area contributed by atoms with Crippen LogP contribution in [0.5, 0.6) is 0 Å². The number of fused-ring (bicyclic) bond motifs is 1. The van der Waals surface area contributed by atoms with Crippen LogP contribution in [0.3, 0.4) is 0 Å². The summed E-state index contributed by atoms with van der Waals surface area (Å²) in [7, 11) is 0. The van der Waals surface area contributed by atoms with E-state index in [1.54, 1.807) is 13.1 Å². The van der Waals surface area contributed by atoms with Gasteiger partial charge >= 0.3 is 0 Å². The number of nitrogens with one attached hydrogen (secondary N) is 1. The van der Waals surface area contributed by atoms with E-state index in [4.69, 9.17) is 16.1 Å². The van der Waals surface area contributed by atoms with E-state index in [1.165, 1.54) is 0 Å². The molecule has 2 aromatic heterocycles. The molecule has 6 heteroatoms. The van der Waals surface area contributed by atoms with Gasteiger partial charge in [0, 0.05) is 18.5 Å². The van der Waals surface area contributed by atoms with Crippen LogP contribution in [-0.4, -0.2) is 15.1 Å². The summed E-state index contributed by atoms with van der Waals surface area (Å²) in [6, 6.07) is 7.54. The van der Waals surface area contributed by atoms with E-state index in [0.717, 1.165) is 16.6 Å². The lowest BCUT2D eigenvalue weighted by molar-refractivity contribution is 0.388. The lowest BCUT2D eigenvalue weighted by Gasteiger charge is -2.08. The summed E-state index contributed by atoms with van der Waals surface area (Å²) in [6.45, 7) is 2.24. The molecule has 0 unspecified atom stereocenters. The van der Waals surface area contributed by atoms with Crippen LogP contribution in [-0.2, 0) is 6.54 Å². The van der Waals surface area contributed by atoms with Crippen molar-refractivity contribution in [3.8, 4) is 0 Å². The van der Waals surface area contributed by atoms with E-state index in [9.17, 15) is 0 Å². The van der Waals surface area contributed by atoms with E-state index >= 15 is 0 Å². The van der Waals surface area contributed by atoms with Crippen LogP contribution in [0.2, 0.25) is 5.02 Å². The fraction of sp³-hybridized carbons (Fsp3) is 0.154. The van der Waals surface area contributed by atoms with E-state index in [-0.39, 0.29) is 0 Å². The van der Waals surface area contributed by atoms with Gasteiger partial charge in [-0.1, -0.05) is 16.8 Å². The number of anilines is 1. The molecule has 19 heavy (non-hydrogen) atoms. The highest BCUT2D eigenvalue weighted by atomic mass is 35.5. The molecule has 0 spiro atoms. The standard InChI is InChI=1S/C13H11ClN4O/c1-8-17-12(18-19-8)7-16-11-5-4-10(14)9-3-2-6-15-13(9)11/h2-6,16H,7H2,1H3. The molecule has 96 valence electrons. The molecule has 0 aliphatic rings. The van der Waals surface area contributed by atoms with E-state index < -0.39 is 0 Å². The number of pyridine rings is 1. The van der Waals surface area contributed by atoms with Crippen LogP contribution in [0, 0.1) is 6.92 Å². The first kappa shape index (κ1) is 11.9. The summed E-state index contributed by atoms with van der Waals surface area (Å²) >= 11 is 6.14. The summed E-state index contributed by atoms with van der Waals surface area (Å²) < 4.78 is 4.92. The number of rotatable bonds is 3. The van der Waals surface area contributed by atoms with Gasteiger partial charge in [-0.2, -0.15) is 4.98 Å². The Bertz CT molecular complexity index is 725. The first-order valence-electron chi connectivity index (χ1n) is 5.80. The Balaban J connectivity index is 1.91. The zero-order chi connectivity index (χ0) is 13.2. The Hall–Kier alpha value is -2.14. The Kier molecular flexibility index (Phi) is 3.05. The van der Waals surface area contributed by atoms with Crippen LogP contribution in [0.1, 0.15) is 11.7 Å². The van der Waals surface area contributed by atoms with Crippen LogP contribution in [0.4, 0.5) is 5.69 Å². The van der Waals surface area contributed by atoms with Gasteiger partial charge in [-0.05, 0) is 24.3 Å². The van der Waals surface area contributed by atoms with Gasteiger partial charge in [-0.15, -0.1) is 0 Å². The summed E-state index contributed by atoms with van der Waals surface area (Å²) in [5.41, 5.74) is 1.72. The number of hydrogen-bond donors (Lipinski definition) is 1. The summed E-state index contributed by atoms with van der Waals surface area (Å²) in [6.07, 6.45) is 1.74. The maximum absolute atomic E-state index is 6.14. The summed E-state index contributed by atoms with van der Waals surface area (Å²) in [5, 5.41) is 8.67. The zero-order valence-electron chi connectivity index (χ0n) is 10.2. The largest absolute Gasteiger partial charge is 0.376 e. The van der Waals surface area contributed by atoms with Crippen LogP contribution < -0.4 is 5.32 Å². The lowest BCUT2D eigenvalue weighted by Crippen LogP contribution is -2.02. The Morgan fingerprint density at radius 1 is 1.32 bits per heavy atom. The van der Waals surface area contributed by atoms with Gasteiger partial charge in [-0.25, -0.2) is 0 Å². The Labute approximate surface area is 114 Å². The average molecular weight is 275 g/mol. The molecule has 3 rings (SSSR count). The van der Waals surface area contributed by atoms with E-state index in [0.29, 0.717) is 23.3 Å². The quantitative estimate of drug-likeness (QED) is 0.795. The summed E-state index contributed by atoms with van der Waals surface area (Å²) in [4.78, 5) is 8.48. The third-order valence-electron chi connectivity index (χ3n) is 2.72. The van der Waals surface area contributed by atoms with Gasteiger partial charge < -0.3 is 9.84 Å². The fourth-order valence-electron chi connectivity index (χ4n) is 1.87. The van der Waals surface area contributed by atoms with Crippen molar-refractivity contribution >= 4 is 28.2 Å². The molecule has 0 saturated heterocycles. The fourth-order valence-corrected chi connectivity index (χ4v) is 2.08. The van der Waals surface area contributed by atoms with Gasteiger partial charge in [0.2, 0.25) is 5.89 Å². The Morgan fingerprint density at radius 2 is 2.21 bits per heavy atom. The molecule has 1 N–H and O–H groups in total. The van der Waals surface area contributed by atoms with E-state index in [2.05, 4.69) is 20.4 Å². The molecule has 0 amide bonds. The normalized spacial score (nSPS) is 10.8. The highest BCUT2D eigenvalue weighted by Gasteiger charge is 2.07. The molecule has 0 aliphatic carbocycles. The second-order valence-electron chi connectivity index (χ2n) is 4.08. The molecular formula is C13H11ClN4O. The van der Waals surface area contributed by atoms with Gasteiger partial charge in [0.1, 0.15) is 0 Å². The number of aryl methyl sites for hydroxylation is 1. The molecule has 0 aliphatic heterocycles. The molecule has 2 heterocycles. The molecule has 1 aromatic carbocycles. The van der Waals surface area contributed by atoms with Gasteiger partial charge in [-0.3, -0.25) is 4.98 Å². The van der Waals surface area contributed by atoms with E-state index in [1.807, 2.05) is 24.3 Å². The number of nitrogens with zero attached hydrogens (tertiary/aromatic N) is 3. The van der Waals surface area contributed by atoms with Gasteiger partial charge in [0.25, 0.3) is 0 Å². The minimum Gasteiger partial charge on any atom is -0.376 e. The zero-order valence-corrected chi connectivity index (χ0v) is 11.0. The average Bonchev–Trinajstić information content (AvgIpc) is 2.84. The number of halogens is 1. The highest BCUT2D eigenvalue weighted by Crippen LogP contribution is 2.28. The van der Waals surface area contributed by atoms with Crippen molar-refractivity contribution in [3.05, 3.63) is 47.2 Å². The monoisotopic (exact) mass is 274 g/mol. The molecule has 5 nitrogen and oxygen atoms in total. The van der Waals surface area contributed by atoms with Gasteiger partial charge in [0.05, 0.1) is 22.8 Å². The topological polar surface area (TPSA) is 63.8 Å². The van der Waals surface area contributed by atoms with Crippen molar-refractivity contribution in [2.45, 2.75) is 13.5 Å². The molecule has 0 bridgehead atoms. The van der Waals surface area contributed by atoms with Crippen LogP contribution in [0.25, 0.3) is 10.9 Å². The van der Waals surface area contributed by atoms with Crippen LogP contribution >= 0.6 is 11.6 Å². The smallest absolute Gasteiger partial charge is 0.223 e. The van der Waals surface area contributed by atoms with Crippen molar-refractivity contribution in [2.75, 3.05) is 5.32 Å². The predicted molar refractivity (Wildman–Crippen MR) is 73.1 cm³/mol. The molecule has 0 saturated carbocycles. The van der Waals surface area contributed by atoms with Crippen molar-refractivity contribution in [1.82, 2.24) is 15.1 Å². The maximum Gasteiger partial charge on any atom is 0.223 e. The second-order valence-corrected chi connectivity index (χ2v) is 4.48. The third kappa shape index (κ3) is 2.37. The third-order valence-corrected chi connectivity index (χ3v) is 3.05. The number of benzene rings is 1. The van der Waals surface area contributed by atoms with Crippen molar-refractivity contribution in [2.24, 2.45) is 0 Å². The van der Waals surface area contributed by atoms with Crippen LogP contribution in [0.15, 0.2) is 35.0 Å². The number of aromatic nitrogens is 3. The first-order chi connectivity index (χ1) is 9.24. The molecule has 0 atom stereocenters. The predicted octanol–water partition coefficient (Wildman–Crippen LogP) is 3.19. The first-order valence-corrected chi connectivity index (χ1v) is 6.18.